The van der Waals surface area contributed by atoms with Crippen LogP contribution in [-0.2, 0) is 19.3 Å². The van der Waals surface area contributed by atoms with E-state index >= 15 is 0 Å². The number of aryl methyl sites for hydroxylation is 2. The van der Waals surface area contributed by atoms with E-state index in [1.165, 1.54) is 16.7 Å². The predicted molar refractivity (Wildman–Crippen MR) is 66.2 cm³/mol. The molecule has 0 radical (unpaired) electrons. The number of benzene rings is 1. The minimum absolute atomic E-state index is 0.882. The molecule has 0 saturated heterocycles. The standard InChI is InChI=1S/C12H19NS/c1-4-8-7-9(5-2)12(14)11(13)10(8)6-3/h7,14H,4-6,13H2,1-3H3. The van der Waals surface area contributed by atoms with Gasteiger partial charge >= 0.3 is 0 Å². The van der Waals surface area contributed by atoms with Crippen LogP contribution in [0, 0.1) is 0 Å². The van der Waals surface area contributed by atoms with Crippen LogP contribution < -0.4 is 5.73 Å². The van der Waals surface area contributed by atoms with Crippen molar-refractivity contribution < 1.29 is 0 Å². The van der Waals surface area contributed by atoms with Gasteiger partial charge in [0.2, 0.25) is 0 Å². The van der Waals surface area contributed by atoms with Crippen LogP contribution in [0.5, 0.6) is 0 Å². The third-order valence-electron chi connectivity index (χ3n) is 2.74. The predicted octanol–water partition coefficient (Wildman–Crippen LogP) is 3.24. The second kappa shape index (κ2) is 4.74. The lowest BCUT2D eigenvalue weighted by Crippen LogP contribution is -2.02. The van der Waals surface area contributed by atoms with Crippen molar-refractivity contribution in [2.24, 2.45) is 0 Å². The lowest BCUT2D eigenvalue weighted by molar-refractivity contribution is 0.993. The average molecular weight is 209 g/mol. The summed E-state index contributed by atoms with van der Waals surface area (Å²) >= 11 is 4.48. The number of rotatable bonds is 3. The second-order valence-electron chi connectivity index (χ2n) is 3.50. The first-order valence-corrected chi connectivity index (χ1v) is 5.72. The molecule has 1 nitrogen and oxygen atoms in total. The summed E-state index contributed by atoms with van der Waals surface area (Å²) in [4.78, 5) is 0.974. The zero-order valence-corrected chi connectivity index (χ0v) is 10.1. The first kappa shape index (κ1) is 11.4. The molecular weight excluding hydrogens is 190 g/mol. The first-order valence-electron chi connectivity index (χ1n) is 5.27. The number of hydrogen-bond donors (Lipinski definition) is 2. The Kier molecular flexibility index (Phi) is 3.87. The molecule has 0 bridgehead atoms. The normalized spacial score (nSPS) is 10.6. The molecule has 1 aromatic carbocycles. The van der Waals surface area contributed by atoms with Crippen LogP contribution >= 0.6 is 12.6 Å². The van der Waals surface area contributed by atoms with Gasteiger partial charge in [0.15, 0.2) is 0 Å². The average Bonchev–Trinajstić information content (AvgIpc) is 2.21. The van der Waals surface area contributed by atoms with Gasteiger partial charge in [-0.15, -0.1) is 12.6 Å². The molecule has 0 fully saturated rings. The molecule has 0 saturated carbocycles. The Morgan fingerprint density at radius 1 is 1.07 bits per heavy atom. The van der Waals surface area contributed by atoms with Crippen molar-refractivity contribution in [2.75, 3.05) is 5.73 Å². The van der Waals surface area contributed by atoms with E-state index < -0.39 is 0 Å². The van der Waals surface area contributed by atoms with E-state index in [9.17, 15) is 0 Å². The molecule has 0 spiro atoms. The molecule has 0 aromatic heterocycles. The molecule has 0 atom stereocenters. The molecule has 2 heteroatoms. The van der Waals surface area contributed by atoms with Crippen molar-refractivity contribution in [2.45, 2.75) is 44.9 Å². The van der Waals surface area contributed by atoms with E-state index in [1.807, 2.05) is 0 Å². The number of hydrogen-bond acceptors (Lipinski definition) is 2. The third-order valence-corrected chi connectivity index (χ3v) is 3.26. The van der Waals surface area contributed by atoms with Gasteiger partial charge in [0, 0.05) is 10.6 Å². The summed E-state index contributed by atoms with van der Waals surface area (Å²) < 4.78 is 0. The fourth-order valence-corrected chi connectivity index (χ4v) is 2.21. The summed E-state index contributed by atoms with van der Waals surface area (Å²) in [5, 5.41) is 0. The molecule has 0 aliphatic heterocycles. The van der Waals surface area contributed by atoms with E-state index in [-0.39, 0.29) is 0 Å². The Morgan fingerprint density at radius 2 is 1.64 bits per heavy atom. The highest BCUT2D eigenvalue weighted by atomic mass is 32.1. The number of thiol groups is 1. The van der Waals surface area contributed by atoms with Gasteiger partial charge in [-0.25, -0.2) is 0 Å². The van der Waals surface area contributed by atoms with Crippen LogP contribution in [0.4, 0.5) is 5.69 Å². The molecule has 78 valence electrons. The highest BCUT2D eigenvalue weighted by molar-refractivity contribution is 7.80. The van der Waals surface area contributed by atoms with Gasteiger partial charge in [0.1, 0.15) is 0 Å². The highest BCUT2D eigenvalue weighted by Crippen LogP contribution is 2.29. The van der Waals surface area contributed by atoms with Crippen LogP contribution in [0.2, 0.25) is 0 Å². The van der Waals surface area contributed by atoms with Crippen LogP contribution in [0.15, 0.2) is 11.0 Å². The maximum atomic E-state index is 6.07. The second-order valence-corrected chi connectivity index (χ2v) is 3.94. The summed E-state index contributed by atoms with van der Waals surface area (Å²) in [7, 11) is 0. The van der Waals surface area contributed by atoms with Gasteiger partial charge in [0.25, 0.3) is 0 Å². The van der Waals surface area contributed by atoms with Crippen molar-refractivity contribution in [3.63, 3.8) is 0 Å². The Balaban J connectivity index is 3.38. The maximum absolute atomic E-state index is 6.07. The van der Waals surface area contributed by atoms with Crippen molar-refractivity contribution in [3.8, 4) is 0 Å². The van der Waals surface area contributed by atoms with Gasteiger partial charge in [-0.05, 0) is 36.0 Å². The Bertz CT molecular complexity index is 332. The van der Waals surface area contributed by atoms with Crippen molar-refractivity contribution >= 4 is 18.3 Å². The maximum Gasteiger partial charge on any atom is 0.0487 e. The lowest BCUT2D eigenvalue weighted by atomic mass is 9.97. The van der Waals surface area contributed by atoms with Crippen molar-refractivity contribution in [1.82, 2.24) is 0 Å². The zero-order chi connectivity index (χ0) is 10.7. The van der Waals surface area contributed by atoms with E-state index in [0.717, 1.165) is 29.8 Å². The molecule has 1 rings (SSSR count). The largest absolute Gasteiger partial charge is 0.398 e. The highest BCUT2D eigenvalue weighted by Gasteiger charge is 2.10. The molecule has 0 unspecified atom stereocenters. The van der Waals surface area contributed by atoms with Gasteiger partial charge < -0.3 is 5.73 Å². The number of nitrogen functional groups attached to an aromatic ring is 1. The van der Waals surface area contributed by atoms with E-state index in [2.05, 4.69) is 39.5 Å². The summed E-state index contributed by atoms with van der Waals surface area (Å²) in [6, 6.07) is 2.25. The summed E-state index contributed by atoms with van der Waals surface area (Å²) in [6.07, 6.45) is 3.04. The monoisotopic (exact) mass is 209 g/mol. The first-order chi connectivity index (χ1) is 6.65. The van der Waals surface area contributed by atoms with Gasteiger partial charge in [-0.1, -0.05) is 26.8 Å². The quantitative estimate of drug-likeness (QED) is 0.580. The summed E-state index contributed by atoms with van der Waals surface area (Å²) in [6.45, 7) is 6.45. The molecular formula is C12H19NS. The SMILES string of the molecule is CCc1cc(CC)c(CC)c(N)c1S. The smallest absolute Gasteiger partial charge is 0.0487 e. The van der Waals surface area contributed by atoms with E-state index in [0.29, 0.717) is 0 Å². The Hall–Kier alpha value is -0.630. The Morgan fingerprint density at radius 3 is 2.07 bits per heavy atom. The Labute approximate surface area is 92.1 Å². The molecule has 2 N–H and O–H groups in total. The fourth-order valence-electron chi connectivity index (χ4n) is 1.86. The van der Waals surface area contributed by atoms with Gasteiger partial charge in [0.05, 0.1) is 0 Å². The van der Waals surface area contributed by atoms with Gasteiger partial charge in [-0.2, -0.15) is 0 Å². The van der Waals surface area contributed by atoms with Crippen molar-refractivity contribution in [3.05, 3.63) is 22.8 Å². The van der Waals surface area contributed by atoms with Crippen molar-refractivity contribution in [1.29, 1.82) is 0 Å². The van der Waals surface area contributed by atoms with Crippen LogP contribution in [0.3, 0.4) is 0 Å². The zero-order valence-electron chi connectivity index (χ0n) is 9.22. The van der Waals surface area contributed by atoms with Crippen LogP contribution in [0.25, 0.3) is 0 Å². The third kappa shape index (κ3) is 1.90. The fraction of sp³-hybridized carbons (Fsp3) is 0.500. The lowest BCUT2D eigenvalue weighted by Gasteiger charge is -2.15. The molecule has 1 aromatic rings. The van der Waals surface area contributed by atoms with E-state index in [1.54, 1.807) is 0 Å². The summed E-state index contributed by atoms with van der Waals surface area (Å²) in [5.41, 5.74) is 10.9. The number of nitrogens with two attached hydrogens (primary N) is 1. The minimum Gasteiger partial charge on any atom is -0.398 e. The van der Waals surface area contributed by atoms with Crippen LogP contribution in [-0.4, -0.2) is 0 Å². The molecule has 0 aliphatic rings. The topological polar surface area (TPSA) is 26.0 Å². The van der Waals surface area contributed by atoms with Gasteiger partial charge in [-0.3, -0.25) is 0 Å². The van der Waals surface area contributed by atoms with Crippen LogP contribution in [0.1, 0.15) is 37.5 Å². The molecule has 14 heavy (non-hydrogen) atoms. The molecule has 0 amide bonds. The van der Waals surface area contributed by atoms with E-state index in [4.69, 9.17) is 5.73 Å². The number of anilines is 1. The molecule has 0 aliphatic carbocycles. The summed E-state index contributed by atoms with van der Waals surface area (Å²) in [5.74, 6) is 0. The molecule has 0 heterocycles. The minimum atomic E-state index is 0.882.